The number of fused-ring (bicyclic) bond motifs is 1. The summed E-state index contributed by atoms with van der Waals surface area (Å²) in [6, 6.07) is -1.20. The van der Waals surface area contributed by atoms with E-state index in [9.17, 15) is 14.4 Å². The summed E-state index contributed by atoms with van der Waals surface area (Å²) in [5, 5.41) is 2.65. The van der Waals surface area contributed by atoms with Crippen molar-refractivity contribution >= 4 is 18.0 Å². The van der Waals surface area contributed by atoms with Crippen molar-refractivity contribution in [2.45, 2.75) is 77.1 Å². The lowest BCUT2D eigenvalue weighted by molar-refractivity contribution is -0.163. The fourth-order valence-electron chi connectivity index (χ4n) is 3.59. The van der Waals surface area contributed by atoms with Crippen LogP contribution in [0.15, 0.2) is 0 Å². The topological polar surface area (TPSA) is 84.9 Å². The lowest BCUT2D eigenvalue weighted by atomic mass is 9.80. The second kappa shape index (κ2) is 6.99. The van der Waals surface area contributed by atoms with E-state index in [2.05, 4.69) is 12.2 Å². The van der Waals surface area contributed by atoms with Crippen molar-refractivity contribution in [3.05, 3.63) is 0 Å². The third-order valence-electron chi connectivity index (χ3n) is 4.71. The fraction of sp³-hybridized carbons (Fsp3) is 0.824. The van der Waals surface area contributed by atoms with Gasteiger partial charge in [-0.3, -0.25) is 4.79 Å². The first-order valence-corrected chi connectivity index (χ1v) is 8.53. The summed E-state index contributed by atoms with van der Waals surface area (Å²) in [5.41, 5.74) is -0.626. The molecule has 136 valence electrons. The molecule has 0 spiro atoms. The molecule has 0 bridgehead atoms. The summed E-state index contributed by atoms with van der Waals surface area (Å²) < 4.78 is 10.1. The van der Waals surface area contributed by atoms with E-state index in [1.165, 1.54) is 7.11 Å². The summed E-state index contributed by atoms with van der Waals surface area (Å²) in [5.74, 6) is -0.283. The molecule has 0 aromatic heterocycles. The van der Waals surface area contributed by atoms with Crippen molar-refractivity contribution in [3.8, 4) is 0 Å². The van der Waals surface area contributed by atoms with Gasteiger partial charge >= 0.3 is 12.1 Å². The minimum atomic E-state index is -0.659. The van der Waals surface area contributed by atoms with Crippen molar-refractivity contribution in [3.63, 3.8) is 0 Å². The highest BCUT2D eigenvalue weighted by atomic mass is 16.6. The minimum absolute atomic E-state index is 0.0204. The van der Waals surface area contributed by atoms with Gasteiger partial charge in [0.05, 0.1) is 7.11 Å². The van der Waals surface area contributed by atoms with Crippen molar-refractivity contribution in [1.82, 2.24) is 10.2 Å². The van der Waals surface area contributed by atoms with E-state index in [1.54, 1.807) is 25.7 Å². The Kier molecular flexibility index (Phi) is 5.40. The van der Waals surface area contributed by atoms with Gasteiger partial charge in [-0.25, -0.2) is 9.59 Å². The van der Waals surface area contributed by atoms with Crippen LogP contribution in [0.2, 0.25) is 0 Å². The Hall–Kier alpha value is -1.79. The molecule has 0 unspecified atom stereocenters. The zero-order valence-electron chi connectivity index (χ0n) is 15.1. The maximum absolute atomic E-state index is 12.9. The van der Waals surface area contributed by atoms with Crippen LogP contribution < -0.4 is 5.32 Å². The molecule has 0 radical (unpaired) electrons. The quantitative estimate of drug-likeness (QED) is 0.775. The van der Waals surface area contributed by atoms with Crippen molar-refractivity contribution in [1.29, 1.82) is 0 Å². The monoisotopic (exact) mass is 340 g/mol. The zero-order valence-corrected chi connectivity index (χ0v) is 15.1. The number of ether oxygens (including phenoxy) is 2. The molecule has 0 aromatic rings. The van der Waals surface area contributed by atoms with Gasteiger partial charge in [-0.15, -0.1) is 0 Å². The normalized spacial score (nSPS) is 30.4. The second-order valence-electron chi connectivity index (χ2n) is 7.68. The first-order valence-electron chi connectivity index (χ1n) is 8.53. The Labute approximate surface area is 143 Å². The first kappa shape index (κ1) is 18.5. The van der Waals surface area contributed by atoms with Crippen LogP contribution in [0, 0.1) is 5.92 Å². The van der Waals surface area contributed by atoms with Gasteiger partial charge in [0, 0.05) is 6.04 Å². The smallest absolute Gasteiger partial charge is 0.408 e. The summed E-state index contributed by atoms with van der Waals surface area (Å²) in [6.45, 7) is 7.40. The molecule has 2 fully saturated rings. The Morgan fingerprint density at radius 1 is 1.17 bits per heavy atom. The third-order valence-corrected chi connectivity index (χ3v) is 4.71. The summed E-state index contributed by atoms with van der Waals surface area (Å²) in [7, 11) is 1.33. The fourth-order valence-corrected chi connectivity index (χ4v) is 3.59. The highest BCUT2D eigenvalue weighted by Crippen LogP contribution is 2.35. The molecule has 1 N–H and O–H groups in total. The van der Waals surface area contributed by atoms with Crippen LogP contribution >= 0.6 is 0 Å². The molecule has 2 amide bonds. The van der Waals surface area contributed by atoms with Gasteiger partial charge in [0.2, 0.25) is 5.91 Å². The molecule has 2 heterocycles. The lowest BCUT2D eigenvalue weighted by Gasteiger charge is -2.48. The van der Waals surface area contributed by atoms with Crippen LogP contribution in [-0.2, 0) is 19.1 Å². The molecule has 2 rings (SSSR count). The molecule has 0 aromatic carbocycles. The molecular weight excluding hydrogens is 312 g/mol. The molecule has 4 atom stereocenters. The molecule has 24 heavy (non-hydrogen) atoms. The van der Waals surface area contributed by atoms with Gasteiger partial charge in [0.25, 0.3) is 0 Å². The second-order valence-corrected chi connectivity index (χ2v) is 7.68. The zero-order chi connectivity index (χ0) is 18.1. The number of carbonyl (C=O) groups is 3. The molecule has 2 aliphatic rings. The van der Waals surface area contributed by atoms with E-state index in [0.717, 1.165) is 12.8 Å². The Balaban J connectivity index is 2.12. The Morgan fingerprint density at radius 2 is 1.83 bits per heavy atom. The largest absolute Gasteiger partial charge is 0.467 e. The summed E-state index contributed by atoms with van der Waals surface area (Å²) in [4.78, 5) is 38.6. The van der Waals surface area contributed by atoms with Gasteiger partial charge in [-0.1, -0.05) is 6.92 Å². The Bertz CT molecular complexity index is 514. The number of methoxy groups -OCH3 is 1. The van der Waals surface area contributed by atoms with E-state index in [-0.39, 0.29) is 11.9 Å². The number of hydrogen-bond acceptors (Lipinski definition) is 5. The Morgan fingerprint density at radius 3 is 2.42 bits per heavy atom. The van der Waals surface area contributed by atoms with Gasteiger partial charge in [0.1, 0.15) is 17.7 Å². The third kappa shape index (κ3) is 3.99. The SMILES string of the molecule is COC(=O)[C@@H]1CC[C@H](C)[C@@H]2CC[C@H](NC(=O)OC(C)(C)C)C(=O)N12. The van der Waals surface area contributed by atoms with Gasteiger partial charge < -0.3 is 19.7 Å². The summed E-state index contributed by atoms with van der Waals surface area (Å²) in [6.07, 6.45) is 2.17. The number of esters is 1. The van der Waals surface area contributed by atoms with E-state index in [1.807, 2.05) is 0 Å². The highest BCUT2D eigenvalue weighted by molar-refractivity contribution is 5.90. The van der Waals surface area contributed by atoms with Crippen molar-refractivity contribution in [2.75, 3.05) is 7.11 Å². The van der Waals surface area contributed by atoms with E-state index in [0.29, 0.717) is 18.8 Å². The lowest BCUT2D eigenvalue weighted by Crippen LogP contribution is -2.64. The van der Waals surface area contributed by atoms with E-state index in [4.69, 9.17) is 9.47 Å². The molecular formula is C17H28N2O5. The number of amides is 2. The molecule has 0 saturated carbocycles. The standard InChI is InChI=1S/C17H28N2O5/c1-10-6-8-13(15(21)23-5)19-12(10)9-7-11(14(19)20)18-16(22)24-17(2,3)4/h10-13H,6-9H2,1-5H3,(H,18,22)/t10-,11-,12-,13-/m0/s1. The molecule has 2 saturated heterocycles. The molecule has 2 aliphatic heterocycles. The van der Waals surface area contributed by atoms with Crippen LogP contribution in [0.25, 0.3) is 0 Å². The number of nitrogens with one attached hydrogen (secondary N) is 1. The van der Waals surface area contributed by atoms with E-state index < -0.39 is 29.7 Å². The number of alkyl carbamates (subject to hydrolysis) is 1. The van der Waals surface area contributed by atoms with Crippen LogP contribution in [-0.4, -0.2) is 53.7 Å². The maximum Gasteiger partial charge on any atom is 0.408 e. The van der Waals surface area contributed by atoms with Crippen molar-refractivity contribution in [2.24, 2.45) is 5.92 Å². The van der Waals surface area contributed by atoms with Gasteiger partial charge in [-0.05, 0) is 52.4 Å². The molecule has 0 aliphatic carbocycles. The predicted molar refractivity (Wildman–Crippen MR) is 87.2 cm³/mol. The number of nitrogens with zero attached hydrogens (tertiary/aromatic N) is 1. The molecule has 7 heteroatoms. The number of carbonyl (C=O) groups excluding carboxylic acids is 3. The van der Waals surface area contributed by atoms with Crippen LogP contribution in [0.5, 0.6) is 0 Å². The van der Waals surface area contributed by atoms with E-state index >= 15 is 0 Å². The van der Waals surface area contributed by atoms with Crippen LogP contribution in [0.3, 0.4) is 0 Å². The van der Waals surface area contributed by atoms with Crippen LogP contribution in [0.4, 0.5) is 4.79 Å². The predicted octanol–water partition coefficient (Wildman–Crippen LogP) is 1.84. The number of hydrogen-bond donors (Lipinski definition) is 1. The van der Waals surface area contributed by atoms with Crippen LogP contribution in [0.1, 0.15) is 53.4 Å². The average molecular weight is 340 g/mol. The van der Waals surface area contributed by atoms with Crippen molar-refractivity contribution < 1.29 is 23.9 Å². The maximum atomic E-state index is 12.9. The van der Waals surface area contributed by atoms with Gasteiger partial charge in [0.15, 0.2) is 0 Å². The number of piperidine rings is 2. The summed E-state index contributed by atoms with van der Waals surface area (Å²) >= 11 is 0. The first-order chi connectivity index (χ1) is 11.1. The van der Waals surface area contributed by atoms with Gasteiger partial charge in [-0.2, -0.15) is 0 Å². The average Bonchev–Trinajstić information content (AvgIpc) is 2.48. The highest BCUT2D eigenvalue weighted by Gasteiger charge is 2.47. The molecule has 7 nitrogen and oxygen atoms in total. The number of rotatable bonds is 2. The minimum Gasteiger partial charge on any atom is -0.467 e.